The van der Waals surface area contributed by atoms with Crippen molar-refractivity contribution in [3.8, 4) is 0 Å². The van der Waals surface area contributed by atoms with Gasteiger partial charge in [-0.1, -0.05) is 0 Å². The number of anilines is 2. The first kappa shape index (κ1) is 9.51. The quantitative estimate of drug-likeness (QED) is 0.523. The first-order valence-electron chi connectivity index (χ1n) is 4.59. The SMILES string of the molecule is C[C@@H]1NC(=O)N(c2ccc(N)cc2)C1=O. The maximum atomic E-state index is 11.6. The largest absolute Gasteiger partial charge is 0.399 e. The number of carbonyl (C=O) groups is 2. The summed E-state index contributed by atoms with van der Waals surface area (Å²) in [5.74, 6) is -0.246. The molecule has 5 nitrogen and oxygen atoms in total. The van der Waals surface area contributed by atoms with Gasteiger partial charge in [0, 0.05) is 5.69 Å². The van der Waals surface area contributed by atoms with Crippen LogP contribution in [0.4, 0.5) is 16.2 Å². The number of hydrogen-bond acceptors (Lipinski definition) is 3. The van der Waals surface area contributed by atoms with E-state index in [0.29, 0.717) is 11.4 Å². The van der Waals surface area contributed by atoms with E-state index in [1.807, 2.05) is 0 Å². The molecule has 2 rings (SSSR count). The molecule has 0 saturated carbocycles. The minimum atomic E-state index is -0.463. The molecule has 15 heavy (non-hydrogen) atoms. The highest BCUT2D eigenvalue weighted by Crippen LogP contribution is 2.20. The van der Waals surface area contributed by atoms with Gasteiger partial charge in [-0.2, -0.15) is 0 Å². The summed E-state index contributed by atoms with van der Waals surface area (Å²) < 4.78 is 0. The van der Waals surface area contributed by atoms with E-state index in [9.17, 15) is 9.59 Å². The standard InChI is InChI=1S/C10H11N3O2/c1-6-9(14)13(10(15)12-6)8-4-2-7(11)3-5-8/h2-6H,11H2,1H3,(H,12,15)/t6-/m0/s1. The molecule has 1 atom stereocenters. The monoisotopic (exact) mass is 205 g/mol. The minimum Gasteiger partial charge on any atom is -0.399 e. The Morgan fingerprint density at radius 3 is 2.33 bits per heavy atom. The number of benzene rings is 1. The molecule has 0 bridgehead atoms. The van der Waals surface area contributed by atoms with Crippen LogP contribution in [-0.2, 0) is 4.79 Å². The molecular formula is C10H11N3O2. The van der Waals surface area contributed by atoms with Crippen molar-refractivity contribution >= 4 is 23.3 Å². The second-order valence-corrected chi connectivity index (χ2v) is 3.44. The van der Waals surface area contributed by atoms with Crippen molar-refractivity contribution in [3.63, 3.8) is 0 Å². The predicted octanol–water partition coefficient (Wildman–Crippen LogP) is 0.714. The third-order valence-electron chi connectivity index (χ3n) is 2.29. The Labute approximate surface area is 86.9 Å². The Hall–Kier alpha value is -2.04. The Morgan fingerprint density at radius 1 is 1.27 bits per heavy atom. The van der Waals surface area contributed by atoms with Crippen molar-refractivity contribution in [1.82, 2.24) is 5.32 Å². The number of urea groups is 1. The van der Waals surface area contributed by atoms with Gasteiger partial charge < -0.3 is 11.1 Å². The number of amides is 3. The number of nitrogens with zero attached hydrogens (tertiary/aromatic N) is 1. The van der Waals surface area contributed by atoms with Crippen LogP contribution in [0.1, 0.15) is 6.92 Å². The average Bonchev–Trinajstić information content (AvgIpc) is 2.44. The summed E-state index contributed by atoms with van der Waals surface area (Å²) >= 11 is 0. The molecule has 0 radical (unpaired) electrons. The fourth-order valence-electron chi connectivity index (χ4n) is 1.47. The van der Waals surface area contributed by atoms with Crippen molar-refractivity contribution in [2.24, 2.45) is 0 Å². The summed E-state index contributed by atoms with van der Waals surface area (Å²) in [6, 6.07) is 5.74. The molecule has 0 aliphatic carbocycles. The Kier molecular flexibility index (Phi) is 2.07. The summed E-state index contributed by atoms with van der Waals surface area (Å²) in [6.07, 6.45) is 0. The van der Waals surface area contributed by atoms with Crippen molar-refractivity contribution in [2.75, 3.05) is 10.6 Å². The lowest BCUT2D eigenvalue weighted by Gasteiger charge is -2.12. The Balaban J connectivity index is 2.35. The molecule has 1 fully saturated rings. The van der Waals surface area contributed by atoms with Crippen LogP contribution in [0.25, 0.3) is 0 Å². The van der Waals surface area contributed by atoms with Crippen LogP contribution in [-0.4, -0.2) is 18.0 Å². The van der Waals surface area contributed by atoms with Crippen LogP contribution in [0.3, 0.4) is 0 Å². The maximum Gasteiger partial charge on any atom is 0.329 e. The van der Waals surface area contributed by atoms with Crippen molar-refractivity contribution < 1.29 is 9.59 Å². The second kappa shape index (κ2) is 3.27. The lowest BCUT2D eigenvalue weighted by Crippen LogP contribution is -2.30. The fourth-order valence-corrected chi connectivity index (χ4v) is 1.47. The predicted molar refractivity (Wildman–Crippen MR) is 56.3 cm³/mol. The van der Waals surface area contributed by atoms with Gasteiger partial charge in [0.05, 0.1) is 5.69 Å². The first-order valence-corrected chi connectivity index (χ1v) is 4.59. The smallest absolute Gasteiger partial charge is 0.329 e. The molecule has 1 aliphatic rings. The molecule has 0 spiro atoms. The number of hydrogen-bond donors (Lipinski definition) is 2. The van der Waals surface area contributed by atoms with Gasteiger partial charge in [0.15, 0.2) is 0 Å². The molecule has 1 aromatic carbocycles. The van der Waals surface area contributed by atoms with E-state index in [-0.39, 0.29) is 5.91 Å². The van der Waals surface area contributed by atoms with Gasteiger partial charge in [-0.05, 0) is 31.2 Å². The number of carbonyl (C=O) groups excluding carboxylic acids is 2. The van der Waals surface area contributed by atoms with Crippen LogP contribution in [0.15, 0.2) is 24.3 Å². The highest BCUT2D eigenvalue weighted by molar-refractivity contribution is 6.21. The van der Waals surface area contributed by atoms with Crippen LogP contribution in [0, 0.1) is 0 Å². The molecular weight excluding hydrogens is 194 g/mol. The average molecular weight is 205 g/mol. The molecule has 1 saturated heterocycles. The van der Waals surface area contributed by atoms with E-state index in [2.05, 4.69) is 5.32 Å². The molecule has 0 unspecified atom stereocenters. The van der Waals surface area contributed by atoms with Gasteiger partial charge in [-0.25, -0.2) is 9.69 Å². The zero-order valence-corrected chi connectivity index (χ0v) is 8.23. The van der Waals surface area contributed by atoms with E-state index in [1.165, 1.54) is 0 Å². The maximum absolute atomic E-state index is 11.6. The van der Waals surface area contributed by atoms with Crippen LogP contribution >= 0.6 is 0 Å². The first-order chi connectivity index (χ1) is 7.09. The van der Waals surface area contributed by atoms with Gasteiger partial charge >= 0.3 is 6.03 Å². The summed E-state index contributed by atoms with van der Waals surface area (Å²) in [4.78, 5) is 24.2. The summed E-state index contributed by atoms with van der Waals surface area (Å²) in [6.45, 7) is 1.65. The van der Waals surface area contributed by atoms with Crippen LogP contribution in [0.5, 0.6) is 0 Å². The molecule has 1 heterocycles. The highest BCUT2D eigenvalue weighted by atomic mass is 16.2. The van der Waals surface area contributed by atoms with E-state index in [1.54, 1.807) is 31.2 Å². The van der Waals surface area contributed by atoms with E-state index < -0.39 is 12.1 Å². The zero-order valence-electron chi connectivity index (χ0n) is 8.23. The molecule has 1 aromatic rings. The highest BCUT2D eigenvalue weighted by Gasteiger charge is 2.35. The van der Waals surface area contributed by atoms with Gasteiger partial charge in [-0.15, -0.1) is 0 Å². The molecule has 1 aliphatic heterocycles. The fraction of sp³-hybridized carbons (Fsp3) is 0.200. The van der Waals surface area contributed by atoms with E-state index in [4.69, 9.17) is 5.73 Å². The van der Waals surface area contributed by atoms with Gasteiger partial charge in [0.1, 0.15) is 6.04 Å². The Bertz CT molecular complexity index is 413. The number of imide groups is 1. The summed E-state index contributed by atoms with van der Waals surface area (Å²) in [5.41, 5.74) is 6.65. The molecule has 0 aromatic heterocycles. The number of rotatable bonds is 1. The second-order valence-electron chi connectivity index (χ2n) is 3.44. The van der Waals surface area contributed by atoms with Gasteiger partial charge in [0.25, 0.3) is 5.91 Å². The lowest BCUT2D eigenvalue weighted by atomic mass is 10.2. The van der Waals surface area contributed by atoms with Crippen molar-refractivity contribution in [1.29, 1.82) is 0 Å². The zero-order chi connectivity index (χ0) is 11.0. The lowest BCUT2D eigenvalue weighted by molar-refractivity contribution is -0.117. The molecule has 78 valence electrons. The van der Waals surface area contributed by atoms with E-state index in [0.717, 1.165) is 4.90 Å². The van der Waals surface area contributed by atoms with Crippen LogP contribution < -0.4 is 16.0 Å². The summed E-state index contributed by atoms with van der Waals surface area (Å²) in [7, 11) is 0. The van der Waals surface area contributed by atoms with Gasteiger partial charge in [-0.3, -0.25) is 4.79 Å². The van der Waals surface area contributed by atoms with Gasteiger partial charge in [0.2, 0.25) is 0 Å². The van der Waals surface area contributed by atoms with Crippen LogP contribution in [0.2, 0.25) is 0 Å². The number of nitrogen functional groups attached to an aromatic ring is 1. The van der Waals surface area contributed by atoms with Crippen molar-refractivity contribution in [2.45, 2.75) is 13.0 Å². The van der Waals surface area contributed by atoms with Crippen molar-refractivity contribution in [3.05, 3.63) is 24.3 Å². The molecule has 3 N–H and O–H groups in total. The number of nitrogens with one attached hydrogen (secondary N) is 1. The summed E-state index contributed by atoms with van der Waals surface area (Å²) in [5, 5.41) is 2.54. The molecule has 3 amide bonds. The van der Waals surface area contributed by atoms with E-state index >= 15 is 0 Å². The third-order valence-corrected chi connectivity index (χ3v) is 2.29. The normalized spacial score (nSPS) is 20.6. The third kappa shape index (κ3) is 1.52. The molecule has 5 heteroatoms. The Morgan fingerprint density at radius 2 is 1.87 bits per heavy atom. The topological polar surface area (TPSA) is 75.4 Å². The minimum absolute atomic E-state index is 0.246. The number of nitrogens with two attached hydrogens (primary N) is 1.